The Kier molecular flexibility index (Phi) is 8.70. The number of thiophene rings is 1. The molecular formula is C18H23N3O7S3. The predicted octanol–water partition coefficient (Wildman–Crippen LogP) is 1.24. The number of rotatable bonds is 11. The number of esters is 1. The summed E-state index contributed by atoms with van der Waals surface area (Å²) in [7, 11) is -7.42. The minimum absolute atomic E-state index is 0.0597. The maximum atomic E-state index is 12.4. The molecule has 0 radical (unpaired) electrons. The standard InChI is InChI=1S/C18H23N3O7S3/c1-3-21(4-2)31(26,27)15-9-7-14(8-10-15)20-16(22)13-28-17(23)12-19-30(24,25)18-6-5-11-29-18/h5-11,19H,3-4,12-13H2,1-2H3,(H,20,22). The molecule has 2 aromatic rings. The van der Waals surface area contributed by atoms with E-state index in [0.717, 1.165) is 11.3 Å². The molecule has 0 spiro atoms. The molecular weight excluding hydrogens is 466 g/mol. The van der Waals surface area contributed by atoms with Crippen LogP contribution in [0.15, 0.2) is 50.9 Å². The first-order valence-electron chi connectivity index (χ1n) is 9.19. The van der Waals surface area contributed by atoms with Crippen molar-refractivity contribution in [2.75, 3.05) is 31.6 Å². The molecule has 2 rings (SSSR count). The summed E-state index contributed by atoms with van der Waals surface area (Å²) < 4.78 is 56.9. The van der Waals surface area contributed by atoms with Crippen LogP contribution >= 0.6 is 11.3 Å². The summed E-state index contributed by atoms with van der Waals surface area (Å²) in [5.41, 5.74) is 0.318. The van der Waals surface area contributed by atoms with Gasteiger partial charge < -0.3 is 10.1 Å². The van der Waals surface area contributed by atoms with Crippen LogP contribution in [0.5, 0.6) is 0 Å². The van der Waals surface area contributed by atoms with Crippen LogP contribution in [0.3, 0.4) is 0 Å². The molecule has 0 aliphatic carbocycles. The number of benzene rings is 1. The second-order valence-corrected chi connectivity index (χ2v) is 11.0. The second-order valence-electron chi connectivity index (χ2n) is 6.08. The first-order valence-corrected chi connectivity index (χ1v) is 13.0. The highest BCUT2D eigenvalue weighted by molar-refractivity contribution is 7.91. The molecule has 13 heteroatoms. The van der Waals surface area contributed by atoms with Crippen molar-refractivity contribution in [2.24, 2.45) is 0 Å². The van der Waals surface area contributed by atoms with Crippen LogP contribution < -0.4 is 10.0 Å². The lowest BCUT2D eigenvalue weighted by molar-refractivity contribution is -0.146. The number of anilines is 1. The summed E-state index contributed by atoms with van der Waals surface area (Å²) in [6, 6.07) is 8.54. The molecule has 0 aliphatic heterocycles. The van der Waals surface area contributed by atoms with Crippen molar-refractivity contribution < 1.29 is 31.2 Å². The highest BCUT2D eigenvalue weighted by Crippen LogP contribution is 2.18. The molecule has 0 fully saturated rings. The van der Waals surface area contributed by atoms with E-state index in [-0.39, 0.29) is 9.10 Å². The van der Waals surface area contributed by atoms with E-state index < -0.39 is 45.1 Å². The molecule has 2 N–H and O–H groups in total. The number of hydrogen-bond acceptors (Lipinski definition) is 8. The van der Waals surface area contributed by atoms with Gasteiger partial charge in [-0.05, 0) is 35.7 Å². The zero-order chi connectivity index (χ0) is 23.1. The first kappa shape index (κ1) is 24.9. The van der Waals surface area contributed by atoms with Crippen LogP contribution in [0.1, 0.15) is 13.8 Å². The van der Waals surface area contributed by atoms with E-state index in [2.05, 4.69) is 10.0 Å². The smallest absolute Gasteiger partial charge is 0.321 e. The van der Waals surface area contributed by atoms with E-state index in [0.29, 0.717) is 18.8 Å². The van der Waals surface area contributed by atoms with E-state index in [1.807, 2.05) is 0 Å². The van der Waals surface area contributed by atoms with Crippen LogP contribution in [-0.4, -0.2) is 59.3 Å². The van der Waals surface area contributed by atoms with Crippen molar-refractivity contribution >= 4 is 48.9 Å². The van der Waals surface area contributed by atoms with E-state index in [4.69, 9.17) is 4.74 Å². The Hall–Kier alpha value is -2.32. The van der Waals surface area contributed by atoms with Crippen LogP contribution in [0.4, 0.5) is 5.69 Å². The van der Waals surface area contributed by atoms with Crippen molar-refractivity contribution in [3.05, 3.63) is 41.8 Å². The number of ether oxygens (including phenoxy) is 1. The lowest BCUT2D eigenvalue weighted by Crippen LogP contribution is -2.32. The number of carbonyl (C=O) groups is 2. The van der Waals surface area contributed by atoms with Gasteiger partial charge in [0.2, 0.25) is 10.0 Å². The van der Waals surface area contributed by atoms with Gasteiger partial charge in [0, 0.05) is 18.8 Å². The van der Waals surface area contributed by atoms with Gasteiger partial charge in [0.1, 0.15) is 10.8 Å². The zero-order valence-corrected chi connectivity index (χ0v) is 19.3. The normalized spacial score (nSPS) is 12.0. The maximum absolute atomic E-state index is 12.4. The molecule has 1 aromatic carbocycles. The van der Waals surface area contributed by atoms with Crippen molar-refractivity contribution in [3.8, 4) is 0 Å². The molecule has 1 aromatic heterocycles. The van der Waals surface area contributed by atoms with Crippen LogP contribution in [-0.2, 0) is 34.4 Å². The summed E-state index contributed by atoms with van der Waals surface area (Å²) in [6.45, 7) is 2.91. The topological polar surface area (TPSA) is 139 Å². The number of nitrogens with zero attached hydrogens (tertiary/aromatic N) is 1. The monoisotopic (exact) mass is 489 g/mol. The Balaban J connectivity index is 1.84. The Bertz CT molecular complexity index is 1090. The molecule has 170 valence electrons. The van der Waals surface area contributed by atoms with Gasteiger partial charge in [-0.15, -0.1) is 11.3 Å². The third-order valence-electron chi connectivity index (χ3n) is 4.01. The minimum Gasteiger partial charge on any atom is -0.455 e. The fourth-order valence-corrected chi connectivity index (χ4v) is 5.92. The lowest BCUT2D eigenvalue weighted by atomic mass is 10.3. The molecule has 0 unspecified atom stereocenters. The SMILES string of the molecule is CCN(CC)S(=O)(=O)c1ccc(NC(=O)COC(=O)CNS(=O)(=O)c2cccs2)cc1. The van der Waals surface area contributed by atoms with Crippen molar-refractivity contribution in [3.63, 3.8) is 0 Å². The zero-order valence-electron chi connectivity index (χ0n) is 16.9. The lowest BCUT2D eigenvalue weighted by Gasteiger charge is -2.18. The molecule has 31 heavy (non-hydrogen) atoms. The summed E-state index contributed by atoms with van der Waals surface area (Å²) in [4.78, 5) is 23.7. The molecule has 0 saturated carbocycles. The Labute approximate surface area is 185 Å². The maximum Gasteiger partial charge on any atom is 0.321 e. The van der Waals surface area contributed by atoms with E-state index in [9.17, 15) is 26.4 Å². The van der Waals surface area contributed by atoms with Crippen molar-refractivity contribution in [1.82, 2.24) is 9.03 Å². The molecule has 1 amide bonds. The Morgan fingerprint density at radius 3 is 2.23 bits per heavy atom. The number of hydrogen-bond donors (Lipinski definition) is 2. The first-order chi connectivity index (χ1) is 14.6. The predicted molar refractivity (Wildman–Crippen MR) is 116 cm³/mol. The van der Waals surface area contributed by atoms with Gasteiger partial charge in [-0.1, -0.05) is 19.9 Å². The average Bonchev–Trinajstić information content (AvgIpc) is 3.28. The highest BCUT2D eigenvalue weighted by Gasteiger charge is 2.21. The van der Waals surface area contributed by atoms with Gasteiger partial charge in [-0.2, -0.15) is 9.03 Å². The molecule has 10 nitrogen and oxygen atoms in total. The largest absolute Gasteiger partial charge is 0.455 e. The minimum atomic E-state index is -3.81. The van der Waals surface area contributed by atoms with E-state index in [1.165, 1.54) is 34.6 Å². The summed E-state index contributed by atoms with van der Waals surface area (Å²) in [6.07, 6.45) is 0. The van der Waals surface area contributed by atoms with Gasteiger partial charge in [0.05, 0.1) is 4.90 Å². The Morgan fingerprint density at radius 2 is 1.68 bits per heavy atom. The third kappa shape index (κ3) is 6.83. The molecule has 1 heterocycles. The second kappa shape index (κ2) is 10.8. The van der Waals surface area contributed by atoms with Crippen molar-refractivity contribution in [1.29, 1.82) is 0 Å². The molecule has 0 atom stereocenters. The molecule has 0 saturated heterocycles. The fourth-order valence-electron chi connectivity index (χ4n) is 2.46. The van der Waals surface area contributed by atoms with Crippen molar-refractivity contribution in [2.45, 2.75) is 23.0 Å². The van der Waals surface area contributed by atoms with Gasteiger partial charge >= 0.3 is 5.97 Å². The summed E-state index contributed by atoms with van der Waals surface area (Å²) in [5, 5.41) is 4.05. The summed E-state index contributed by atoms with van der Waals surface area (Å²) >= 11 is 1.00. The van der Waals surface area contributed by atoms with Crippen LogP contribution in [0.2, 0.25) is 0 Å². The number of carbonyl (C=O) groups excluding carboxylic acids is 2. The van der Waals surface area contributed by atoms with Crippen LogP contribution in [0, 0.1) is 0 Å². The van der Waals surface area contributed by atoms with E-state index in [1.54, 1.807) is 25.3 Å². The van der Waals surface area contributed by atoms with Crippen LogP contribution in [0.25, 0.3) is 0 Å². The number of nitrogens with one attached hydrogen (secondary N) is 2. The quantitative estimate of drug-likeness (QED) is 0.453. The van der Waals surface area contributed by atoms with Gasteiger partial charge in [-0.25, -0.2) is 16.8 Å². The Morgan fingerprint density at radius 1 is 1.03 bits per heavy atom. The van der Waals surface area contributed by atoms with Gasteiger partial charge in [0.25, 0.3) is 15.9 Å². The third-order valence-corrected chi connectivity index (χ3v) is 8.87. The number of amides is 1. The molecule has 0 bridgehead atoms. The fraction of sp³-hybridized carbons (Fsp3) is 0.333. The molecule has 0 aliphatic rings. The average molecular weight is 490 g/mol. The number of sulfonamides is 2. The highest BCUT2D eigenvalue weighted by atomic mass is 32.2. The van der Waals surface area contributed by atoms with Gasteiger partial charge in [0.15, 0.2) is 6.61 Å². The van der Waals surface area contributed by atoms with E-state index >= 15 is 0 Å². The summed E-state index contributed by atoms with van der Waals surface area (Å²) in [5.74, 6) is -1.58. The van der Waals surface area contributed by atoms with Gasteiger partial charge in [-0.3, -0.25) is 9.59 Å².